The predicted molar refractivity (Wildman–Crippen MR) is 134 cm³/mol. The van der Waals surface area contributed by atoms with E-state index in [-0.39, 0.29) is 0 Å². The largest absolute Gasteiger partial charge is 0.494 e. The molecule has 0 saturated carbocycles. The van der Waals surface area contributed by atoms with Crippen LogP contribution in [-0.4, -0.2) is 26.6 Å². The Morgan fingerprint density at radius 2 is 1.77 bits per heavy atom. The monoisotopic (exact) mass is 471 g/mol. The van der Waals surface area contributed by atoms with E-state index in [9.17, 15) is 5.26 Å². The van der Waals surface area contributed by atoms with Crippen LogP contribution in [-0.2, 0) is 11.8 Å². The van der Waals surface area contributed by atoms with Gasteiger partial charge in [0.2, 0.25) is 0 Å². The fourth-order valence-electron chi connectivity index (χ4n) is 4.63. The topological polar surface area (TPSA) is 76.6 Å². The normalized spacial score (nSPS) is 13.4. The zero-order chi connectivity index (χ0) is 25.4. The Kier molecular flexibility index (Phi) is 6.33. The van der Waals surface area contributed by atoms with Crippen LogP contribution in [0.3, 0.4) is 0 Å². The molecule has 0 spiro atoms. The molecule has 1 atom stereocenters. The third kappa shape index (κ3) is 4.14. The molecule has 1 unspecified atom stereocenters. The summed E-state index contributed by atoms with van der Waals surface area (Å²) in [6, 6.07) is 17.2. The highest BCUT2D eigenvalue weighted by atomic mass is 19.1. The molecule has 0 bridgehead atoms. The van der Waals surface area contributed by atoms with Crippen molar-refractivity contribution in [2.24, 2.45) is 5.41 Å². The summed E-state index contributed by atoms with van der Waals surface area (Å²) in [6.07, 6.45) is 0.448. The Bertz CT molecular complexity index is 1420. The summed E-state index contributed by atoms with van der Waals surface area (Å²) in [6.45, 7) is 12.1. The van der Waals surface area contributed by atoms with Crippen molar-refractivity contribution in [2.75, 3.05) is 6.61 Å². The fraction of sp³-hybridized carbons (Fsp3) is 0.357. The van der Waals surface area contributed by atoms with Crippen molar-refractivity contribution < 1.29 is 9.13 Å². The van der Waals surface area contributed by atoms with E-state index in [1.54, 1.807) is 16.8 Å². The van der Waals surface area contributed by atoms with E-state index in [1.807, 2.05) is 71.9 Å². The number of hydrogen-bond acceptors (Lipinski definition) is 5. The van der Waals surface area contributed by atoms with Crippen LogP contribution in [0.4, 0.5) is 4.39 Å². The van der Waals surface area contributed by atoms with Crippen molar-refractivity contribution >= 4 is 10.9 Å². The molecule has 2 aromatic heterocycles. The molecule has 0 N–H and O–H groups in total. The number of hydrogen-bond donors (Lipinski definition) is 0. The van der Waals surface area contributed by atoms with Gasteiger partial charge in [-0.25, -0.2) is 9.07 Å². The summed E-state index contributed by atoms with van der Waals surface area (Å²) < 4.78 is 22.1. The molecule has 6 nitrogen and oxygen atoms in total. The van der Waals surface area contributed by atoms with E-state index in [4.69, 9.17) is 9.84 Å². The van der Waals surface area contributed by atoms with Gasteiger partial charge >= 0.3 is 0 Å². The highest BCUT2D eigenvalue weighted by Crippen LogP contribution is 2.45. The maximum Gasteiger partial charge on any atom is 0.152 e. The van der Waals surface area contributed by atoms with Gasteiger partial charge in [0.25, 0.3) is 0 Å². The van der Waals surface area contributed by atoms with Gasteiger partial charge in [0, 0.05) is 11.5 Å². The second-order valence-electron chi connectivity index (χ2n) is 9.83. The molecule has 7 heteroatoms. The number of halogens is 1. The Hall–Kier alpha value is -3.79. The molecule has 0 aliphatic heterocycles. The molecule has 180 valence electrons. The van der Waals surface area contributed by atoms with Gasteiger partial charge < -0.3 is 4.74 Å². The van der Waals surface area contributed by atoms with Gasteiger partial charge in [0.05, 0.1) is 24.1 Å². The van der Waals surface area contributed by atoms with Crippen LogP contribution >= 0.6 is 0 Å². The van der Waals surface area contributed by atoms with Gasteiger partial charge in [-0.05, 0) is 50.3 Å². The fourth-order valence-corrected chi connectivity index (χ4v) is 4.63. The summed E-state index contributed by atoms with van der Waals surface area (Å²) in [4.78, 5) is 0. The lowest BCUT2D eigenvalue weighted by Gasteiger charge is -2.38. The Morgan fingerprint density at radius 1 is 1.06 bits per heavy atom. The number of nitrogens with zero attached hydrogens (tertiary/aromatic N) is 5. The summed E-state index contributed by atoms with van der Waals surface area (Å²) in [5.41, 5.74) is 2.30. The number of ether oxygens (including phenoxy) is 1. The zero-order valence-electron chi connectivity index (χ0n) is 21.1. The van der Waals surface area contributed by atoms with Crippen molar-refractivity contribution in [1.29, 1.82) is 5.26 Å². The van der Waals surface area contributed by atoms with Gasteiger partial charge in [-0.1, -0.05) is 51.1 Å². The number of rotatable bonds is 6. The minimum absolute atomic E-state index is 0.300. The van der Waals surface area contributed by atoms with E-state index < -0.39 is 16.6 Å². The van der Waals surface area contributed by atoms with Crippen LogP contribution in [0.5, 0.6) is 5.75 Å². The third-order valence-electron chi connectivity index (χ3n) is 6.65. The van der Waals surface area contributed by atoms with Gasteiger partial charge in [-0.2, -0.15) is 20.6 Å². The van der Waals surface area contributed by atoms with Crippen molar-refractivity contribution in [3.8, 4) is 17.5 Å². The molecule has 0 fully saturated rings. The number of fused-ring (bicyclic) bond motifs is 1. The molecule has 4 aromatic rings. The van der Waals surface area contributed by atoms with Gasteiger partial charge in [-0.3, -0.25) is 0 Å². The van der Waals surface area contributed by atoms with E-state index >= 15 is 4.39 Å². The minimum Gasteiger partial charge on any atom is -0.494 e. The lowest BCUT2D eigenvalue weighted by atomic mass is 9.62. The zero-order valence-corrected chi connectivity index (χ0v) is 21.1. The van der Waals surface area contributed by atoms with E-state index in [0.29, 0.717) is 41.4 Å². The second kappa shape index (κ2) is 9.10. The quantitative estimate of drug-likeness (QED) is 0.344. The molecule has 0 aliphatic rings. The summed E-state index contributed by atoms with van der Waals surface area (Å²) in [7, 11) is 0. The van der Waals surface area contributed by atoms with Crippen molar-refractivity contribution in [3.63, 3.8) is 0 Å². The number of aromatic nitrogens is 4. The number of nitriles is 1. The molecule has 4 rings (SSSR count). The minimum atomic E-state index is -1.02. The van der Waals surface area contributed by atoms with Crippen molar-refractivity contribution in [1.82, 2.24) is 20.0 Å². The van der Waals surface area contributed by atoms with Crippen LogP contribution in [0.15, 0.2) is 48.5 Å². The van der Waals surface area contributed by atoms with Crippen LogP contribution in [0.25, 0.3) is 16.6 Å². The molecular weight excluding hydrogens is 441 g/mol. The SMILES string of the molecule is CCOc1ccc(-n2nc3c(C(C#N)(Cc4ccccc4)C(C)(C)C)nnc(C)c3c2C)c(F)c1. The Balaban J connectivity index is 1.98. The highest BCUT2D eigenvalue weighted by molar-refractivity contribution is 5.87. The third-order valence-corrected chi connectivity index (χ3v) is 6.65. The molecular formula is C28H30FN5O. The van der Waals surface area contributed by atoms with Crippen LogP contribution < -0.4 is 4.74 Å². The molecule has 2 heterocycles. The van der Waals surface area contributed by atoms with Gasteiger partial charge in [-0.15, -0.1) is 0 Å². The summed E-state index contributed by atoms with van der Waals surface area (Å²) >= 11 is 0. The number of benzene rings is 2. The first-order chi connectivity index (χ1) is 16.6. The average Bonchev–Trinajstić information content (AvgIpc) is 3.16. The Labute approximate surface area is 205 Å². The number of aryl methyl sites for hydroxylation is 2. The van der Waals surface area contributed by atoms with E-state index in [1.165, 1.54) is 6.07 Å². The first-order valence-electron chi connectivity index (χ1n) is 11.7. The predicted octanol–water partition coefficient (Wildman–Crippen LogP) is 6.02. The smallest absolute Gasteiger partial charge is 0.152 e. The molecule has 0 saturated heterocycles. The van der Waals surface area contributed by atoms with Gasteiger partial charge in [0.1, 0.15) is 28.1 Å². The maximum absolute atomic E-state index is 15.1. The maximum atomic E-state index is 15.1. The van der Waals surface area contributed by atoms with Crippen molar-refractivity contribution in [2.45, 2.75) is 53.4 Å². The molecule has 0 aliphatic carbocycles. The van der Waals surface area contributed by atoms with Crippen molar-refractivity contribution in [3.05, 3.63) is 77.0 Å². The van der Waals surface area contributed by atoms with Crippen LogP contribution in [0.1, 0.15) is 50.3 Å². The van der Waals surface area contributed by atoms with Crippen LogP contribution in [0, 0.1) is 36.4 Å². The standard InChI is InChI=1S/C28H30FN5O/c1-7-35-21-13-14-23(22(29)15-21)34-19(3)24-18(2)31-32-26(25(24)33-34)28(17-30,27(4,5)6)16-20-11-9-8-10-12-20/h8-15H,7,16H2,1-6H3. The van der Waals surface area contributed by atoms with E-state index in [2.05, 4.69) is 16.3 Å². The Morgan fingerprint density at radius 3 is 2.37 bits per heavy atom. The molecule has 0 radical (unpaired) electrons. The molecule has 0 amide bonds. The first-order valence-corrected chi connectivity index (χ1v) is 11.7. The summed E-state index contributed by atoms with van der Waals surface area (Å²) in [5.74, 6) is 0.0149. The second-order valence-corrected chi connectivity index (χ2v) is 9.83. The average molecular weight is 472 g/mol. The highest BCUT2D eigenvalue weighted by Gasteiger charge is 2.47. The lowest BCUT2D eigenvalue weighted by Crippen LogP contribution is -2.42. The lowest BCUT2D eigenvalue weighted by molar-refractivity contribution is 0.237. The molecule has 35 heavy (non-hydrogen) atoms. The first kappa shape index (κ1) is 24.3. The van der Waals surface area contributed by atoms with Gasteiger partial charge in [0.15, 0.2) is 5.82 Å². The van der Waals surface area contributed by atoms with Crippen LogP contribution in [0.2, 0.25) is 0 Å². The van der Waals surface area contributed by atoms with E-state index in [0.717, 1.165) is 16.6 Å². The summed E-state index contributed by atoms with van der Waals surface area (Å²) in [5, 5.41) is 25.3. The molecule has 2 aromatic carbocycles.